The number of benzene rings is 3. The van der Waals surface area contributed by atoms with Crippen molar-refractivity contribution in [3.05, 3.63) is 107 Å². The highest BCUT2D eigenvalue weighted by atomic mass is 32.1. The van der Waals surface area contributed by atoms with Crippen LogP contribution < -0.4 is 0 Å². The van der Waals surface area contributed by atoms with Gasteiger partial charge in [-0.25, -0.2) is 0 Å². The number of rotatable bonds is 3. The molecule has 0 spiro atoms. The van der Waals surface area contributed by atoms with Crippen molar-refractivity contribution in [2.24, 2.45) is 5.92 Å². The van der Waals surface area contributed by atoms with Crippen LogP contribution in [0, 0.1) is 26.7 Å². The summed E-state index contributed by atoms with van der Waals surface area (Å²) in [5, 5.41) is 1.37. The van der Waals surface area contributed by atoms with Crippen LogP contribution in [0.2, 0.25) is 0 Å². The Morgan fingerprint density at radius 3 is 2.00 bits per heavy atom. The third kappa shape index (κ3) is 8.37. The first-order chi connectivity index (χ1) is 16.5. The fourth-order valence-corrected chi connectivity index (χ4v) is 4.79. The summed E-state index contributed by atoms with van der Waals surface area (Å²) >= 11 is 1.89. The van der Waals surface area contributed by atoms with Crippen LogP contribution in [0.4, 0.5) is 0 Å². The molecular formula is C34H42S. The van der Waals surface area contributed by atoms with Gasteiger partial charge < -0.3 is 0 Å². The van der Waals surface area contributed by atoms with Crippen LogP contribution in [0.5, 0.6) is 0 Å². The van der Waals surface area contributed by atoms with E-state index in [9.17, 15) is 0 Å². The first-order valence-corrected chi connectivity index (χ1v) is 13.3. The average molecular weight is 483 g/mol. The first kappa shape index (κ1) is 28.3. The second-order valence-electron chi connectivity index (χ2n) is 9.99. The van der Waals surface area contributed by atoms with Crippen molar-refractivity contribution in [1.29, 1.82) is 0 Å². The summed E-state index contributed by atoms with van der Waals surface area (Å²) in [4.78, 5) is 1.39. The fourth-order valence-electron chi connectivity index (χ4n) is 3.63. The lowest BCUT2D eigenvalue weighted by molar-refractivity contribution is 0.737. The normalized spacial score (nSPS) is 11.0. The van der Waals surface area contributed by atoms with E-state index in [1.807, 2.05) is 11.3 Å². The predicted octanol–water partition coefficient (Wildman–Crippen LogP) is 11.3. The van der Waals surface area contributed by atoms with Gasteiger partial charge in [0.2, 0.25) is 0 Å². The Balaban J connectivity index is 0.000000217. The zero-order valence-electron chi connectivity index (χ0n) is 23.1. The molecule has 184 valence electrons. The molecule has 0 aliphatic rings. The Bertz CT molecular complexity index is 1290. The second kappa shape index (κ2) is 13.3. The third-order valence-corrected chi connectivity index (χ3v) is 7.03. The maximum atomic E-state index is 4.04. The molecule has 3 aromatic carbocycles. The van der Waals surface area contributed by atoms with Crippen molar-refractivity contribution >= 4 is 32.6 Å². The molecule has 0 nitrogen and oxygen atoms in total. The van der Waals surface area contributed by atoms with Crippen molar-refractivity contribution in [3.63, 3.8) is 0 Å². The predicted molar refractivity (Wildman–Crippen MR) is 162 cm³/mol. The summed E-state index contributed by atoms with van der Waals surface area (Å²) < 4.78 is 1.42. The minimum absolute atomic E-state index is 0.833. The van der Waals surface area contributed by atoms with Gasteiger partial charge >= 0.3 is 0 Å². The van der Waals surface area contributed by atoms with Crippen molar-refractivity contribution in [1.82, 2.24) is 0 Å². The zero-order valence-corrected chi connectivity index (χ0v) is 23.9. The van der Waals surface area contributed by atoms with Crippen molar-refractivity contribution in [3.8, 4) is 11.1 Å². The van der Waals surface area contributed by atoms with Gasteiger partial charge in [-0.2, -0.15) is 0 Å². The molecule has 0 aliphatic heterocycles. The van der Waals surface area contributed by atoms with Crippen LogP contribution in [0.15, 0.2) is 79.4 Å². The topological polar surface area (TPSA) is 0 Å². The molecule has 0 bridgehead atoms. The van der Waals surface area contributed by atoms with Gasteiger partial charge in [0.05, 0.1) is 0 Å². The van der Waals surface area contributed by atoms with Gasteiger partial charge in [-0.3, -0.25) is 0 Å². The SMILES string of the molecule is C/C=C(/C)c1cc2cccc(C)c2s1.C=C(C)c1cc(-c2cccc(C)c2)ccc1C.CC(C)C. The van der Waals surface area contributed by atoms with Crippen molar-refractivity contribution in [2.45, 2.75) is 62.3 Å². The standard InChI is InChI=1S/C17H18.C13H14S.C4H10/c1-12(2)17-11-16(9-8-14(17)4)15-7-5-6-13(3)10-15;1-4-9(2)12-8-11-7-5-6-10(3)13(11)14-12;1-4(2)3/h5-11H,1H2,2-4H3;4-8H,1-3H3;4H,1-3H3/b;9-4-;. The van der Waals surface area contributed by atoms with Gasteiger partial charge in [0, 0.05) is 9.58 Å². The minimum atomic E-state index is 0.833. The summed E-state index contributed by atoms with van der Waals surface area (Å²) in [5.74, 6) is 0.833. The largest absolute Gasteiger partial charge is 0.135 e. The van der Waals surface area contributed by atoms with Gasteiger partial charge in [-0.1, -0.05) is 99.2 Å². The van der Waals surface area contributed by atoms with E-state index in [2.05, 4.69) is 142 Å². The Hall–Kier alpha value is -2.90. The van der Waals surface area contributed by atoms with Gasteiger partial charge in [0.1, 0.15) is 0 Å². The Morgan fingerprint density at radius 1 is 0.800 bits per heavy atom. The lowest BCUT2D eigenvalue weighted by atomic mass is 9.96. The molecule has 0 radical (unpaired) electrons. The Morgan fingerprint density at radius 2 is 1.43 bits per heavy atom. The molecule has 0 amide bonds. The van der Waals surface area contributed by atoms with Gasteiger partial charge in [0.15, 0.2) is 0 Å². The van der Waals surface area contributed by atoms with E-state index in [4.69, 9.17) is 0 Å². The number of thiophene rings is 1. The van der Waals surface area contributed by atoms with Gasteiger partial charge in [-0.05, 0) is 98.4 Å². The summed E-state index contributed by atoms with van der Waals surface area (Å²) in [6, 6.07) is 23.9. The fraction of sp³-hybridized carbons (Fsp3) is 0.294. The third-order valence-electron chi connectivity index (χ3n) is 5.61. The summed E-state index contributed by atoms with van der Waals surface area (Å²) in [5.41, 5.74) is 10.2. The maximum absolute atomic E-state index is 4.04. The van der Waals surface area contributed by atoms with E-state index in [0.717, 1.165) is 11.5 Å². The minimum Gasteiger partial charge on any atom is -0.135 e. The van der Waals surface area contributed by atoms with Crippen LogP contribution in [0.1, 0.15) is 68.7 Å². The smallest absolute Gasteiger partial charge is 0.0378 e. The van der Waals surface area contributed by atoms with Crippen LogP contribution in [0.3, 0.4) is 0 Å². The monoisotopic (exact) mass is 482 g/mol. The number of hydrogen-bond donors (Lipinski definition) is 0. The van der Waals surface area contributed by atoms with Gasteiger partial charge in [-0.15, -0.1) is 11.3 Å². The summed E-state index contributed by atoms with van der Waals surface area (Å²) in [7, 11) is 0. The molecule has 35 heavy (non-hydrogen) atoms. The number of allylic oxidation sites excluding steroid dienone is 3. The van der Waals surface area contributed by atoms with E-state index >= 15 is 0 Å². The van der Waals surface area contributed by atoms with Crippen LogP contribution >= 0.6 is 11.3 Å². The molecule has 1 aromatic heterocycles. The molecule has 4 rings (SSSR count). The lowest BCUT2D eigenvalue weighted by Gasteiger charge is -2.09. The Kier molecular flexibility index (Phi) is 10.7. The van der Waals surface area contributed by atoms with E-state index in [-0.39, 0.29) is 0 Å². The molecule has 1 heteroatoms. The molecule has 4 aromatic rings. The second-order valence-corrected chi connectivity index (χ2v) is 11.0. The maximum Gasteiger partial charge on any atom is 0.0378 e. The van der Waals surface area contributed by atoms with Crippen LogP contribution in [-0.2, 0) is 0 Å². The molecule has 0 aliphatic carbocycles. The van der Waals surface area contributed by atoms with Crippen LogP contribution in [0.25, 0.3) is 32.4 Å². The number of fused-ring (bicyclic) bond motifs is 1. The zero-order chi connectivity index (χ0) is 26.1. The van der Waals surface area contributed by atoms with E-state index in [1.165, 1.54) is 53.9 Å². The van der Waals surface area contributed by atoms with E-state index in [0.29, 0.717) is 0 Å². The highest BCUT2D eigenvalue weighted by Crippen LogP contribution is 2.32. The highest BCUT2D eigenvalue weighted by Gasteiger charge is 2.04. The molecule has 0 N–H and O–H groups in total. The number of hydrogen-bond acceptors (Lipinski definition) is 1. The van der Waals surface area contributed by atoms with E-state index < -0.39 is 0 Å². The number of aryl methyl sites for hydroxylation is 3. The quantitative estimate of drug-likeness (QED) is 0.272. The van der Waals surface area contributed by atoms with Crippen molar-refractivity contribution < 1.29 is 0 Å². The summed E-state index contributed by atoms with van der Waals surface area (Å²) in [6.45, 7) is 23.3. The van der Waals surface area contributed by atoms with Crippen molar-refractivity contribution in [2.75, 3.05) is 0 Å². The average Bonchev–Trinajstić information content (AvgIpc) is 3.25. The highest BCUT2D eigenvalue weighted by molar-refractivity contribution is 7.20. The summed E-state index contributed by atoms with van der Waals surface area (Å²) in [6.07, 6.45) is 2.17. The molecule has 0 unspecified atom stereocenters. The molecule has 0 atom stereocenters. The lowest BCUT2D eigenvalue weighted by Crippen LogP contribution is -1.87. The van der Waals surface area contributed by atoms with Crippen LogP contribution in [-0.4, -0.2) is 0 Å². The van der Waals surface area contributed by atoms with Gasteiger partial charge in [0.25, 0.3) is 0 Å². The first-order valence-electron chi connectivity index (χ1n) is 12.5. The molecule has 1 heterocycles. The Labute approximate surface area is 218 Å². The van der Waals surface area contributed by atoms with E-state index in [1.54, 1.807) is 0 Å². The molecule has 0 saturated heterocycles. The molecule has 0 fully saturated rings. The molecule has 0 saturated carbocycles. The molecular weight excluding hydrogens is 440 g/mol.